The molecule has 3 rings (SSSR count). The molecule has 0 spiro atoms. The van der Waals surface area contributed by atoms with Gasteiger partial charge in [0, 0.05) is 56.9 Å². The number of rotatable bonds is 3. The second kappa shape index (κ2) is 6.18. The first kappa shape index (κ1) is 13.9. The molecule has 0 unspecified atom stereocenters. The number of hydrogen-bond acceptors (Lipinski definition) is 5. The second-order valence-corrected chi connectivity index (χ2v) is 5.53. The van der Waals surface area contributed by atoms with Crippen molar-refractivity contribution in [2.75, 3.05) is 31.1 Å². The molecular weight excluding hydrogens is 262 g/mol. The summed E-state index contributed by atoms with van der Waals surface area (Å²) in [4.78, 5) is 17.8. The fraction of sp³-hybridized carbons (Fsp3) is 0.438. The van der Waals surface area contributed by atoms with E-state index in [0.717, 1.165) is 50.1 Å². The van der Waals surface area contributed by atoms with Crippen molar-refractivity contribution >= 4 is 5.82 Å². The third-order valence-corrected chi connectivity index (χ3v) is 3.80. The van der Waals surface area contributed by atoms with Crippen LogP contribution >= 0.6 is 0 Å². The van der Waals surface area contributed by atoms with Crippen LogP contribution in [0.4, 0.5) is 5.82 Å². The van der Waals surface area contributed by atoms with Gasteiger partial charge in [-0.3, -0.25) is 9.88 Å². The third-order valence-electron chi connectivity index (χ3n) is 3.80. The summed E-state index contributed by atoms with van der Waals surface area (Å²) >= 11 is 0. The van der Waals surface area contributed by atoms with Crippen LogP contribution in [0.25, 0.3) is 0 Å². The molecule has 1 aliphatic rings. The van der Waals surface area contributed by atoms with E-state index in [2.05, 4.69) is 43.0 Å². The molecule has 1 fully saturated rings. The Morgan fingerprint density at radius 2 is 1.71 bits per heavy atom. The number of anilines is 1. The average molecular weight is 283 g/mol. The number of aryl methyl sites for hydroxylation is 2. The van der Waals surface area contributed by atoms with E-state index in [1.165, 1.54) is 5.56 Å². The molecule has 2 aromatic rings. The molecule has 5 heteroatoms. The van der Waals surface area contributed by atoms with Gasteiger partial charge in [0.15, 0.2) is 0 Å². The summed E-state index contributed by atoms with van der Waals surface area (Å²) in [6.07, 6.45) is 3.72. The predicted octanol–water partition coefficient (Wildman–Crippen LogP) is 1.81. The van der Waals surface area contributed by atoms with Gasteiger partial charge in [0.05, 0.1) is 0 Å². The van der Waals surface area contributed by atoms with Gasteiger partial charge in [0.2, 0.25) is 0 Å². The Morgan fingerprint density at radius 3 is 2.38 bits per heavy atom. The Bertz CT molecular complexity index is 571. The normalized spacial score (nSPS) is 16.2. The summed E-state index contributed by atoms with van der Waals surface area (Å²) < 4.78 is 0. The quantitative estimate of drug-likeness (QED) is 0.859. The summed E-state index contributed by atoms with van der Waals surface area (Å²) in [6.45, 7) is 9.13. The zero-order chi connectivity index (χ0) is 14.7. The van der Waals surface area contributed by atoms with Crippen LogP contribution in [0.5, 0.6) is 0 Å². The molecular formula is C16H21N5. The number of piperazine rings is 1. The van der Waals surface area contributed by atoms with Crippen molar-refractivity contribution in [2.24, 2.45) is 0 Å². The maximum Gasteiger partial charge on any atom is 0.132 e. The lowest BCUT2D eigenvalue weighted by Crippen LogP contribution is -2.46. The molecule has 110 valence electrons. The molecule has 21 heavy (non-hydrogen) atoms. The zero-order valence-electron chi connectivity index (χ0n) is 12.7. The van der Waals surface area contributed by atoms with Gasteiger partial charge < -0.3 is 4.90 Å². The van der Waals surface area contributed by atoms with E-state index in [0.29, 0.717) is 0 Å². The first-order valence-corrected chi connectivity index (χ1v) is 7.39. The number of nitrogens with zero attached hydrogens (tertiary/aromatic N) is 5. The van der Waals surface area contributed by atoms with E-state index in [4.69, 9.17) is 0 Å². The molecule has 0 saturated carbocycles. The lowest BCUT2D eigenvalue weighted by molar-refractivity contribution is 0.249. The first-order chi connectivity index (χ1) is 10.2. The molecule has 3 heterocycles. The molecule has 0 radical (unpaired) electrons. The van der Waals surface area contributed by atoms with Crippen molar-refractivity contribution in [1.82, 2.24) is 19.9 Å². The van der Waals surface area contributed by atoms with Crippen LogP contribution in [-0.2, 0) is 6.54 Å². The monoisotopic (exact) mass is 283 g/mol. The summed E-state index contributed by atoms with van der Waals surface area (Å²) in [7, 11) is 0. The molecule has 0 N–H and O–H groups in total. The van der Waals surface area contributed by atoms with Crippen molar-refractivity contribution in [3.8, 4) is 0 Å². The van der Waals surface area contributed by atoms with Gasteiger partial charge in [-0.05, 0) is 31.5 Å². The Kier molecular flexibility index (Phi) is 4.10. The van der Waals surface area contributed by atoms with Crippen LogP contribution in [0.3, 0.4) is 0 Å². The minimum Gasteiger partial charge on any atom is -0.354 e. The molecule has 0 aromatic carbocycles. The van der Waals surface area contributed by atoms with E-state index in [1.807, 2.05) is 26.2 Å². The minimum atomic E-state index is 0.851. The van der Waals surface area contributed by atoms with Gasteiger partial charge in [-0.2, -0.15) is 0 Å². The van der Waals surface area contributed by atoms with Crippen LogP contribution in [0, 0.1) is 13.8 Å². The van der Waals surface area contributed by atoms with E-state index >= 15 is 0 Å². The minimum absolute atomic E-state index is 0.851. The van der Waals surface area contributed by atoms with Gasteiger partial charge >= 0.3 is 0 Å². The first-order valence-electron chi connectivity index (χ1n) is 7.39. The van der Waals surface area contributed by atoms with Crippen LogP contribution in [-0.4, -0.2) is 46.0 Å². The lowest BCUT2D eigenvalue weighted by Gasteiger charge is -2.35. The van der Waals surface area contributed by atoms with Crippen LogP contribution in [0.15, 0.2) is 30.6 Å². The number of aromatic nitrogens is 3. The molecule has 0 aliphatic carbocycles. The second-order valence-electron chi connectivity index (χ2n) is 5.53. The maximum absolute atomic E-state index is 4.55. The summed E-state index contributed by atoms with van der Waals surface area (Å²) in [5.41, 5.74) is 2.36. The molecule has 0 atom stereocenters. The van der Waals surface area contributed by atoms with Crippen molar-refractivity contribution in [3.05, 3.63) is 47.7 Å². The summed E-state index contributed by atoms with van der Waals surface area (Å²) in [5, 5.41) is 0. The summed E-state index contributed by atoms with van der Waals surface area (Å²) in [5.74, 6) is 1.91. The van der Waals surface area contributed by atoms with Crippen molar-refractivity contribution in [3.63, 3.8) is 0 Å². The van der Waals surface area contributed by atoms with E-state index < -0.39 is 0 Å². The molecule has 1 aliphatic heterocycles. The van der Waals surface area contributed by atoms with E-state index in [1.54, 1.807) is 0 Å². The number of pyridine rings is 1. The van der Waals surface area contributed by atoms with Gasteiger partial charge in [0.1, 0.15) is 11.6 Å². The van der Waals surface area contributed by atoms with Crippen LogP contribution in [0.2, 0.25) is 0 Å². The predicted molar refractivity (Wildman–Crippen MR) is 83.2 cm³/mol. The Balaban J connectivity index is 1.60. The maximum atomic E-state index is 4.55. The Labute approximate surface area is 125 Å². The van der Waals surface area contributed by atoms with E-state index in [9.17, 15) is 0 Å². The molecule has 2 aromatic heterocycles. The molecule has 0 amide bonds. The number of hydrogen-bond donors (Lipinski definition) is 0. The van der Waals surface area contributed by atoms with Crippen molar-refractivity contribution < 1.29 is 0 Å². The Morgan fingerprint density at radius 1 is 1.00 bits per heavy atom. The largest absolute Gasteiger partial charge is 0.354 e. The fourth-order valence-corrected chi connectivity index (χ4v) is 2.74. The smallest absolute Gasteiger partial charge is 0.132 e. The zero-order valence-corrected chi connectivity index (χ0v) is 12.7. The van der Waals surface area contributed by atoms with Gasteiger partial charge in [-0.15, -0.1) is 0 Å². The lowest BCUT2D eigenvalue weighted by atomic mass is 10.2. The van der Waals surface area contributed by atoms with Crippen molar-refractivity contribution in [1.29, 1.82) is 0 Å². The van der Waals surface area contributed by atoms with Gasteiger partial charge in [-0.25, -0.2) is 9.97 Å². The average Bonchev–Trinajstić information content (AvgIpc) is 2.48. The highest BCUT2D eigenvalue weighted by Gasteiger charge is 2.18. The summed E-state index contributed by atoms with van der Waals surface area (Å²) in [6, 6.07) is 6.25. The molecule has 1 saturated heterocycles. The molecule has 5 nitrogen and oxygen atoms in total. The highest BCUT2D eigenvalue weighted by atomic mass is 15.3. The van der Waals surface area contributed by atoms with Crippen molar-refractivity contribution in [2.45, 2.75) is 20.4 Å². The van der Waals surface area contributed by atoms with Crippen LogP contribution < -0.4 is 4.90 Å². The standard InChI is InChI=1S/C16H21N5/c1-13-11-16(19-14(2)18-13)21-9-7-20(8-10-21)12-15-3-5-17-6-4-15/h3-6,11H,7-10,12H2,1-2H3. The highest BCUT2D eigenvalue weighted by Crippen LogP contribution is 2.16. The Hall–Kier alpha value is -2.01. The highest BCUT2D eigenvalue weighted by molar-refractivity contribution is 5.40. The fourth-order valence-electron chi connectivity index (χ4n) is 2.74. The topological polar surface area (TPSA) is 45.2 Å². The van der Waals surface area contributed by atoms with E-state index in [-0.39, 0.29) is 0 Å². The van der Waals surface area contributed by atoms with Gasteiger partial charge in [0.25, 0.3) is 0 Å². The van der Waals surface area contributed by atoms with Crippen LogP contribution in [0.1, 0.15) is 17.1 Å². The third kappa shape index (κ3) is 3.55. The van der Waals surface area contributed by atoms with Gasteiger partial charge in [-0.1, -0.05) is 0 Å². The molecule has 0 bridgehead atoms. The SMILES string of the molecule is Cc1cc(N2CCN(Cc3ccncc3)CC2)nc(C)n1.